The Morgan fingerprint density at radius 1 is 1.12 bits per heavy atom. The van der Waals surface area contributed by atoms with Crippen molar-refractivity contribution < 1.29 is 4.79 Å². The molecule has 0 aromatic heterocycles. The fourth-order valence-electron chi connectivity index (χ4n) is 1.53. The molecule has 0 atom stereocenters. The molecule has 0 saturated heterocycles. The summed E-state index contributed by atoms with van der Waals surface area (Å²) in [6.45, 7) is 10.3. The van der Waals surface area contributed by atoms with E-state index in [9.17, 15) is 4.79 Å². The summed E-state index contributed by atoms with van der Waals surface area (Å²) in [7, 11) is 0. The number of nitrogens with two attached hydrogens (primary N) is 1. The number of amides is 1. The highest BCUT2D eigenvalue weighted by atomic mass is 16.2. The molecule has 16 heavy (non-hydrogen) atoms. The molecule has 0 rings (SSSR count). The van der Waals surface area contributed by atoms with Crippen LogP contribution in [0.25, 0.3) is 0 Å². The molecule has 96 valence electrons. The summed E-state index contributed by atoms with van der Waals surface area (Å²) in [4.78, 5) is 14.2. The monoisotopic (exact) mass is 228 g/mol. The van der Waals surface area contributed by atoms with Crippen molar-refractivity contribution >= 4 is 5.91 Å². The summed E-state index contributed by atoms with van der Waals surface area (Å²) in [5, 5.41) is 0. The summed E-state index contributed by atoms with van der Waals surface area (Å²) in [6.07, 6.45) is 4.41. The second-order valence-corrected chi connectivity index (χ2v) is 5.09. The zero-order valence-corrected chi connectivity index (χ0v) is 11.4. The number of carbonyl (C=O) groups excluding carboxylic acids is 1. The Morgan fingerprint density at radius 2 is 1.56 bits per heavy atom. The van der Waals surface area contributed by atoms with E-state index in [4.69, 9.17) is 5.73 Å². The summed E-state index contributed by atoms with van der Waals surface area (Å²) in [5.74, 6) is 0.205. The van der Waals surface area contributed by atoms with Crippen molar-refractivity contribution in [1.82, 2.24) is 4.90 Å². The van der Waals surface area contributed by atoms with Gasteiger partial charge in [-0.2, -0.15) is 0 Å². The number of hydrogen-bond acceptors (Lipinski definition) is 2. The minimum Gasteiger partial charge on any atom is -0.342 e. The lowest BCUT2D eigenvalue weighted by molar-refractivity contribution is -0.140. The predicted molar refractivity (Wildman–Crippen MR) is 69.2 cm³/mol. The Hall–Kier alpha value is -0.570. The molecule has 2 N–H and O–H groups in total. The topological polar surface area (TPSA) is 46.3 Å². The molecule has 0 unspecified atom stereocenters. The van der Waals surface area contributed by atoms with Gasteiger partial charge in [-0.15, -0.1) is 0 Å². The van der Waals surface area contributed by atoms with E-state index in [2.05, 4.69) is 13.8 Å². The molecule has 1 amide bonds. The Kier molecular flexibility index (Phi) is 7.39. The molecule has 0 aromatic carbocycles. The van der Waals surface area contributed by atoms with E-state index in [-0.39, 0.29) is 5.91 Å². The van der Waals surface area contributed by atoms with Crippen LogP contribution in [0, 0.1) is 5.41 Å². The molecule has 0 saturated carbocycles. The molecule has 0 spiro atoms. The third kappa shape index (κ3) is 4.97. The third-order valence-electron chi connectivity index (χ3n) is 2.94. The van der Waals surface area contributed by atoms with Crippen molar-refractivity contribution in [3.05, 3.63) is 0 Å². The van der Waals surface area contributed by atoms with Crippen LogP contribution >= 0.6 is 0 Å². The molecule has 3 nitrogen and oxygen atoms in total. The van der Waals surface area contributed by atoms with Gasteiger partial charge in [0.25, 0.3) is 0 Å². The van der Waals surface area contributed by atoms with E-state index in [1.165, 1.54) is 0 Å². The number of carbonyl (C=O) groups is 1. The van der Waals surface area contributed by atoms with Gasteiger partial charge >= 0.3 is 0 Å². The molecule has 0 aliphatic rings. The molecular weight excluding hydrogens is 200 g/mol. The van der Waals surface area contributed by atoms with Crippen LogP contribution in [0.4, 0.5) is 0 Å². The molecule has 0 radical (unpaired) electrons. The first kappa shape index (κ1) is 15.4. The Labute approximate surface area is 100 Å². The van der Waals surface area contributed by atoms with Crippen molar-refractivity contribution in [2.45, 2.75) is 53.4 Å². The largest absolute Gasteiger partial charge is 0.342 e. The zero-order chi connectivity index (χ0) is 12.6. The van der Waals surface area contributed by atoms with E-state index in [1.807, 2.05) is 18.7 Å². The normalized spacial score (nSPS) is 11.6. The lowest BCUT2D eigenvalue weighted by Crippen LogP contribution is -2.45. The molecule has 0 heterocycles. The number of nitrogens with zero attached hydrogens (tertiary/aromatic N) is 1. The van der Waals surface area contributed by atoms with Crippen LogP contribution in [0.1, 0.15) is 53.4 Å². The highest BCUT2D eigenvalue weighted by molar-refractivity contribution is 5.82. The van der Waals surface area contributed by atoms with E-state index >= 15 is 0 Å². The second-order valence-electron chi connectivity index (χ2n) is 5.09. The van der Waals surface area contributed by atoms with Crippen LogP contribution in [0.3, 0.4) is 0 Å². The highest BCUT2D eigenvalue weighted by Crippen LogP contribution is 2.18. The maximum atomic E-state index is 12.3. The van der Waals surface area contributed by atoms with Crippen molar-refractivity contribution in [2.24, 2.45) is 11.1 Å². The predicted octanol–water partition coefficient (Wildman–Crippen LogP) is 2.40. The van der Waals surface area contributed by atoms with E-state index in [0.717, 1.165) is 38.8 Å². The van der Waals surface area contributed by atoms with Crippen molar-refractivity contribution in [1.29, 1.82) is 0 Å². The number of rotatable bonds is 8. The first-order valence-corrected chi connectivity index (χ1v) is 6.49. The van der Waals surface area contributed by atoms with Gasteiger partial charge in [0.15, 0.2) is 0 Å². The van der Waals surface area contributed by atoms with Gasteiger partial charge in [-0.05, 0) is 26.7 Å². The fourth-order valence-corrected chi connectivity index (χ4v) is 1.53. The van der Waals surface area contributed by atoms with Crippen LogP contribution < -0.4 is 5.73 Å². The van der Waals surface area contributed by atoms with Gasteiger partial charge in [-0.1, -0.05) is 26.7 Å². The van der Waals surface area contributed by atoms with Crippen molar-refractivity contribution in [3.63, 3.8) is 0 Å². The maximum Gasteiger partial charge on any atom is 0.229 e. The lowest BCUT2D eigenvalue weighted by Gasteiger charge is -2.31. The van der Waals surface area contributed by atoms with E-state index in [1.54, 1.807) is 0 Å². The van der Waals surface area contributed by atoms with Gasteiger partial charge in [0.1, 0.15) is 0 Å². The van der Waals surface area contributed by atoms with Crippen LogP contribution in [0.15, 0.2) is 0 Å². The fraction of sp³-hybridized carbons (Fsp3) is 0.923. The summed E-state index contributed by atoms with van der Waals surface area (Å²) in [5.41, 5.74) is 5.24. The lowest BCUT2D eigenvalue weighted by atomic mass is 9.91. The van der Waals surface area contributed by atoms with Gasteiger partial charge in [0.05, 0.1) is 5.41 Å². The van der Waals surface area contributed by atoms with Gasteiger partial charge in [-0.3, -0.25) is 4.79 Å². The number of hydrogen-bond donors (Lipinski definition) is 1. The molecule has 0 aliphatic heterocycles. The Morgan fingerprint density at radius 3 is 1.88 bits per heavy atom. The van der Waals surface area contributed by atoms with Crippen molar-refractivity contribution in [2.75, 3.05) is 19.6 Å². The SMILES string of the molecule is CCCCN(CCCC)C(=O)C(C)(C)CN. The van der Waals surface area contributed by atoms with Gasteiger partial charge < -0.3 is 10.6 Å². The van der Waals surface area contributed by atoms with Gasteiger partial charge in [0.2, 0.25) is 5.91 Å². The molecule has 3 heteroatoms. The first-order valence-electron chi connectivity index (χ1n) is 6.49. The second kappa shape index (κ2) is 7.66. The van der Waals surface area contributed by atoms with Gasteiger partial charge in [-0.25, -0.2) is 0 Å². The Balaban J connectivity index is 4.42. The Bertz CT molecular complexity index is 194. The molecule has 0 aliphatic carbocycles. The van der Waals surface area contributed by atoms with Crippen LogP contribution in [0.2, 0.25) is 0 Å². The first-order chi connectivity index (χ1) is 7.49. The van der Waals surface area contributed by atoms with Crippen molar-refractivity contribution in [3.8, 4) is 0 Å². The smallest absolute Gasteiger partial charge is 0.229 e. The van der Waals surface area contributed by atoms with E-state index in [0.29, 0.717) is 6.54 Å². The zero-order valence-electron chi connectivity index (χ0n) is 11.4. The molecule has 0 bridgehead atoms. The molecule has 0 fully saturated rings. The van der Waals surface area contributed by atoms with Crippen LogP contribution in [0.5, 0.6) is 0 Å². The maximum absolute atomic E-state index is 12.3. The average molecular weight is 228 g/mol. The summed E-state index contributed by atoms with van der Waals surface area (Å²) < 4.78 is 0. The summed E-state index contributed by atoms with van der Waals surface area (Å²) in [6, 6.07) is 0. The standard InChI is InChI=1S/C13H28N2O/c1-5-7-9-15(10-8-6-2)12(16)13(3,4)11-14/h5-11,14H2,1-4H3. The van der Waals surface area contributed by atoms with Crippen LogP contribution in [-0.4, -0.2) is 30.4 Å². The quantitative estimate of drug-likeness (QED) is 0.693. The minimum atomic E-state index is -0.415. The van der Waals surface area contributed by atoms with Crippen LogP contribution in [-0.2, 0) is 4.79 Å². The number of unbranched alkanes of at least 4 members (excludes halogenated alkanes) is 2. The molecular formula is C13H28N2O. The third-order valence-corrected chi connectivity index (χ3v) is 2.94. The van der Waals surface area contributed by atoms with Gasteiger partial charge in [0, 0.05) is 19.6 Å². The molecule has 0 aromatic rings. The van der Waals surface area contributed by atoms with E-state index < -0.39 is 5.41 Å². The average Bonchev–Trinajstić information content (AvgIpc) is 2.28. The summed E-state index contributed by atoms with van der Waals surface area (Å²) >= 11 is 0. The highest BCUT2D eigenvalue weighted by Gasteiger charge is 2.29. The minimum absolute atomic E-state index is 0.205.